The van der Waals surface area contributed by atoms with Crippen molar-refractivity contribution in [3.63, 3.8) is 0 Å². The molecule has 2 rings (SSSR count). The van der Waals surface area contributed by atoms with Crippen LogP contribution in [0.2, 0.25) is 0 Å². The number of imidazole rings is 1. The number of hydrogen-bond acceptors (Lipinski definition) is 3. The van der Waals surface area contributed by atoms with Gasteiger partial charge in [-0.05, 0) is 33.2 Å². The van der Waals surface area contributed by atoms with Crippen LogP contribution in [0.25, 0.3) is 5.69 Å². The number of nitrogens with zero attached hydrogens (tertiary/aromatic N) is 3. The molecular formula is C17H22N4O. The number of aromatic nitrogens is 2. The summed E-state index contributed by atoms with van der Waals surface area (Å²) in [6, 6.07) is 9.78. The van der Waals surface area contributed by atoms with Crippen molar-refractivity contribution in [1.29, 1.82) is 0 Å². The SMILES string of the molecule is CC(NC(=O)/C=C/CN(C)C)c1nccn1-c1ccccc1. The predicted octanol–water partition coefficient (Wildman–Crippen LogP) is 2.17. The van der Waals surface area contributed by atoms with Crippen molar-refractivity contribution in [3.05, 3.63) is 60.7 Å². The Balaban J connectivity index is 2.05. The molecule has 5 nitrogen and oxygen atoms in total. The number of rotatable bonds is 6. The summed E-state index contributed by atoms with van der Waals surface area (Å²) in [5, 5.41) is 2.94. The third kappa shape index (κ3) is 4.30. The van der Waals surface area contributed by atoms with Crippen molar-refractivity contribution in [2.24, 2.45) is 0 Å². The van der Waals surface area contributed by atoms with Crippen molar-refractivity contribution >= 4 is 5.91 Å². The van der Waals surface area contributed by atoms with Crippen LogP contribution in [0, 0.1) is 0 Å². The van der Waals surface area contributed by atoms with Gasteiger partial charge < -0.3 is 14.8 Å². The molecule has 0 saturated heterocycles. The molecule has 1 aromatic carbocycles. The van der Waals surface area contributed by atoms with Gasteiger partial charge in [0.15, 0.2) is 0 Å². The van der Waals surface area contributed by atoms with Gasteiger partial charge in [0.25, 0.3) is 0 Å². The number of benzene rings is 1. The molecule has 1 amide bonds. The monoisotopic (exact) mass is 298 g/mol. The van der Waals surface area contributed by atoms with Gasteiger partial charge in [-0.25, -0.2) is 4.98 Å². The van der Waals surface area contributed by atoms with Crippen LogP contribution in [0.1, 0.15) is 18.8 Å². The van der Waals surface area contributed by atoms with E-state index in [1.54, 1.807) is 12.3 Å². The first-order valence-electron chi connectivity index (χ1n) is 7.28. The zero-order chi connectivity index (χ0) is 15.9. The number of para-hydroxylation sites is 1. The van der Waals surface area contributed by atoms with Gasteiger partial charge in [-0.3, -0.25) is 4.79 Å². The van der Waals surface area contributed by atoms with E-state index >= 15 is 0 Å². The Kier molecular flexibility index (Phi) is 5.49. The van der Waals surface area contributed by atoms with Gasteiger partial charge in [-0.1, -0.05) is 24.3 Å². The second kappa shape index (κ2) is 7.56. The average molecular weight is 298 g/mol. The van der Waals surface area contributed by atoms with E-state index in [1.807, 2.05) is 73.1 Å². The molecule has 0 aliphatic heterocycles. The maximum atomic E-state index is 11.9. The topological polar surface area (TPSA) is 50.2 Å². The second-order valence-electron chi connectivity index (χ2n) is 5.39. The van der Waals surface area contributed by atoms with Crippen molar-refractivity contribution < 1.29 is 4.79 Å². The minimum atomic E-state index is -0.174. The Morgan fingerprint density at radius 3 is 2.77 bits per heavy atom. The van der Waals surface area contributed by atoms with Crippen LogP contribution in [0.15, 0.2) is 54.9 Å². The standard InChI is InChI=1S/C17H22N4O/c1-14(19-16(22)10-7-12-20(2)3)17-18-11-13-21(17)15-8-5-4-6-9-15/h4-11,13-14H,12H2,1-3H3,(H,19,22)/b10-7+. The maximum absolute atomic E-state index is 11.9. The highest BCUT2D eigenvalue weighted by molar-refractivity contribution is 5.87. The molecule has 1 heterocycles. The first-order valence-corrected chi connectivity index (χ1v) is 7.28. The van der Waals surface area contributed by atoms with Crippen LogP contribution in [0.4, 0.5) is 0 Å². The molecule has 0 aliphatic rings. The number of nitrogens with one attached hydrogen (secondary N) is 1. The third-order valence-electron chi connectivity index (χ3n) is 3.19. The predicted molar refractivity (Wildman–Crippen MR) is 87.8 cm³/mol. The molecule has 0 spiro atoms. The maximum Gasteiger partial charge on any atom is 0.244 e. The van der Waals surface area contributed by atoms with Crippen molar-refractivity contribution in [2.45, 2.75) is 13.0 Å². The van der Waals surface area contributed by atoms with Gasteiger partial charge in [0.05, 0.1) is 6.04 Å². The fourth-order valence-electron chi connectivity index (χ4n) is 2.14. The quantitative estimate of drug-likeness (QED) is 0.832. The lowest BCUT2D eigenvalue weighted by Gasteiger charge is -2.15. The molecule has 0 aliphatic carbocycles. The minimum absolute atomic E-state index is 0.114. The molecule has 0 saturated carbocycles. The number of hydrogen-bond donors (Lipinski definition) is 1. The van der Waals surface area contributed by atoms with Crippen LogP contribution < -0.4 is 5.32 Å². The first kappa shape index (κ1) is 16.0. The highest BCUT2D eigenvalue weighted by Gasteiger charge is 2.14. The molecule has 1 unspecified atom stereocenters. The van der Waals surface area contributed by atoms with Crippen molar-refractivity contribution in [2.75, 3.05) is 20.6 Å². The van der Waals surface area contributed by atoms with E-state index in [9.17, 15) is 4.79 Å². The van der Waals surface area contributed by atoms with Crippen molar-refractivity contribution in [3.8, 4) is 5.69 Å². The van der Waals surface area contributed by atoms with E-state index in [0.717, 1.165) is 18.1 Å². The largest absolute Gasteiger partial charge is 0.343 e. The lowest BCUT2D eigenvalue weighted by molar-refractivity contribution is -0.117. The summed E-state index contributed by atoms with van der Waals surface area (Å²) in [6.07, 6.45) is 7.04. The molecule has 116 valence electrons. The summed E-state index contributed by atoms with van der Waals surface area (Å²) in [4.78, 5) is 18.3. The molecule has 5 heteroatoms. The lowest BCUT2D eigenvalue weighted by Crippen LogP contribution is -2.27. The highest BCUT2D eigenvalue weighted by atomic mass is 16.1. The Labute approximate surface area is 131 Å². The first-order chi connectivity index (χ1) is 10.6. The molecule has 0 fully saturated rings. The van der Waals surface area contributed by atoms with Crippen molar-refractivity contribution in [1.82, 2.24) is 19.8 Å². The summed E-state index contributed by atoms with van der Waals surface area (Å²) in [7, 11) is 3.92. The highest BCUT2D eigenvalue weighted by Crippen LogP contribution is 2.16. The number of carbonyl (C=O) groups is 1. The summed E-state index contributed by atoms with van der Waals surface area (Å²) >= 11 is 0. The van der Waals surface area contributed by atoms with E-state index in [1.165, 1.54) is 0 Å². The second-order valence-corrected chi connectivity index (χ2v) is 5.39. The molecule has 1 atom stereocenters. The van der Waals surface area contributed by atoms with Gasteiger partial charge >= 0.3 is 0 Å². The molecular weight excluding hydrogens is 276 g/mol. The summed E-state index contributed by atoms with van der Waals surface area (Å²) in [5.41, 5.74) is 1.03. The zero-order valence-electron chi connectivity index (χ0n) is 13.2. The van der Waals surface area contributed by atoms with E-state index in [2.05, 4.69) is 10.3 Å². The van der Waals surface area contributed by atoms with Gasteiger partial charge in [0.2, 0.25) is 5.91 Å². The smallest absolute Gasteiger partial charge is 0.244 e. The Bertz CT molecular complexity index is 631. The van der Waals surface area contributed by atoms with Gasteiger partial charge in [-0.2, -0.15) is 0 Å². The fraction of sp³-hybridized carbons (Fsp3) is 0.294. The molecule has 0 radical (unpaired) electrons. The number of likely N-dealkylation sites (N-methyl/N-ethyl adjacent to an activating group) is 1. The fourth-order valence-corrected chi connectivity index (χ4v) is 2.14. The van der Waals surface area contributed by atoms with Gasteiger partial charge in [0.1, 0.15) is 5.82 Å². The molecule has 1 N–H and O–H groups in total. The summed E-state index contributed by atoms with van der Waals surface area (Å²) in [6.45, 7) is 2.67. The number of amides is 1. The Morgan fingerprint density at radius 2 is 2.09 bits per heavy atom. The number of carbonyl (C=O) groups excluding carboxylic acids is 1. The summed E-state index contributed by atoms with van der Waals surface area (Å²) < 4.78 is 1.98. The third-order valence-corrected chi connectivity index (χ3v) is 3.19. The van der Waals surface area contributed by atoms with E-state index in [-0.39, 0.29) is 11.9 Å². The minimum Gasteiger partial charge on any atom is -0.343 e. The molecule has 22 heavy (non-hydrogen) atoms. The molecule has 0 bridgehead atoms. The average Bonchev–Trinajstić information content (AvgIpc) is 2.97. The summed E-state index contributed by atoms with van der Waals surface area (Å²) in [5.74, 6) is 0.692. The van der Waals surface area contributed by atoms with E-state index < -0.39 is 0 Å². The van der Waals surface area contributed by atoms with Crippen LogP contribution >= 0.6 is 0 Å². The molecule has 1 aromatic heterocycles. The van der Waals surface area contributed by atoms with E-state index in [4.69, 9.17) is 0 Å². The van der Waals surface area contributed by atoms with E-state index in [0.29, 0.717) is 0 Å². The lowest BCUT2D eigenvalue weighted by atomic mass is 10.2. The van der Waals surface area contributed by atoms with Gasteiger partial charge in [-0.15, -0.1) is 0 Å². The van der Waals surface area contributed by atoms with Crippen LogP contribution in [-0.4, -0.2) is 41.0 Å². The molecule has 2 aromatic rings. The van der Waals surface area contributed by atoms with Crippen LogP contribution in [0.3, 0.4) is 0 Å². The Morgan fingerprint density at radius 1 is 1.36 bits per heavy atom. The van der Waals surface area contributed by atoms with Crippen LogP contribution in [0.5, 0.6) is 0 Å². The zero-order valence-corrected chi connectivity index (χ0v) is 13.2. The Hall–Kier alpha value is -2.40. The normalized spacial score (nSPS) is 12.7. The van der Waals surface area contributed by atoms with Crippen LogP contribution in [-0.2, 0) is 4.79 Å². The van der Waals surface area contributed by atoms with Gasteiger partial charge in [0, 0.05) is 30.7 Å².